The number of amidine groups is 1. The maximum atomic E-state index is 13.1. The number of hydrogen-bond acceptors (Lipinski definition) is 8. The number of carbonyl (C=O) groups excluding carboxylic acids is 1. The van der Waals surface area contributed by atoms with Gasteiger partial charge in [-0.15, -0.1) is 0 Å². The molecule has 0 aromatic heterocycles. The van der Waals surface area contributed by atoms with Gasteiger partial charge in [0.25, 0.3) is 11.9 Å². The Balaban J connectivity index is 1.44. The van der Waals surface area contributed by atoms with Crippen molar-refractivity contribution in [3.05, 3.63) is 89.3 Å². The Kier molecular flexibility index (Phi) is 7.14. The Labute approximate surface area is 220 Å². The Bertz CT molecular complexity index is 1370. The SMILES string of the molecule is C=N/C(=C(\C=C/C)C(=N)O/C(N)=N/C1N=C(c2ccccc2)c2ccccc2NC1=O)N1C2COCC1C2. The Morgan fingerprint density at radius 1 is 1.21 bits per heavy atom. The number of hydrogen-bond donors (Lipinski definition) is 3. The summed E-state index contributed by atoms with van der Waals surface area (Å²) in [5, 5.41) is 11.5. The Morgan fingerprint density at radius 3 is 2.61 bits per heavy atom. The zero-order valence-corrected chi connectivity index (χ0v) is 21.0. The molecule has 3 aliphatic rings. The molecular formula is C28H29N7O3. The number of amides is 1. The van der Waals surface area contributed by atoms with E-state index in [2.05, 4.69) is 31.9 Å². The van der Waals surface area contributed by atoms with Gasteiger partial charge in [-0.3, -0.25) is 10.2 Å². The topological polar surface area (TPSA) is 138 Å². The number of nitrogens with one attached hydrogen (secondary N) is 2. The van der Waals surface area contributed by atoms with Crippen LogP contribution >= 0.6 is 0 Å². The molecule has 5 rings (SSSR count). The van der Waals surface area contributed by atoms with Gasteiger partial charge in [0.05, 0.1) is 42.3 Å². The van der Waals surface area contributed by atoms with Crippen LogP contribution in [0.5, 0.6) is 0 Å². The van der Waals surface area contributed by atoms with Crippen molar-refractivity contribution in [2.75, 3.05) is 18.5 Å². The molecule has 0 radical (unpaired) electrons. The minimum atomic E-state index is -1.22. The number of morpholine rings is 1. The highest BCUT2D eigenvalue weighted by Crippen LogP contribution is 2.36. The van der Waals surface area contributed by atoms with E-state index in [9.17, 15) is 4.79 Å². The number of anilines is 1. The minimum Gasteiger partial charge on any atom is -0.407 e. The summed E-state index contributed by atoms with van der Waals surface area (Å²) in [6.45, 7) is 6.74. The number of aliphatic imine (C=N–C) groups is 3. The number of fused-ring (bicyclic) bond motifs is 3. The van der Waals surface area contributed by atoms with Crippen molar-refractivity contribution in [1.29, 1.82) is 5.41 Å². The first kappa shape index (κ1) is 25.1. The van der Waals surface area contributed by atoms with Crippen molar-refractivity contribution in [2.24, 2.45) is 20.7 Å². The van der Waals surface area contributed by atoms with Crippen LogP contribution in [-0.4, -0.2) is 66.6 Å². The Morgan fingerprint density at radius 2 is 1.92 bits per heavy atom. The lowest BCUT2D eigenvalue weighted by atomic mass is 9.91. The van der Waals surface area contributed by atoms with Gasteiger partial charge in [0.2, 0.25) is 12.1 Å². The first-order valence-electron chi connectivity index (χ1n) is 12.3. The van der Waals surface area contributed by atoms with Crippen molar-refractivity contribution in [2.45, 2.75) is 31.6 Å². The van der Waals surface area contributed by atoms with E-state index in [-0.39, 0.29) is 24.0 Å². The lowest BCUT2D eigenvalue weighted by Crippen LogP contribution is -2.62. The molecule has 4 N–H and O–H groups in total. The van der Waals surface area contributed by atoms with Gasteiger partial charge in [-0.25, -0.2) is 9.98 Å². The van der Waals surface area contributed by atoms with Crippen LogP contribution in [-0.2, 0) is 14.3 Å². The Hall–Kier alpha value is -4.57. The number of carbonyl (C=O) groups is 1. The van der Waals surface area contributed by atoms with E-state index >= 15 is 0 Å². The highest BCUT2D eigenvalue weighted by Gasteiger charge is 2.44. The zero-order chi connectivity index (χ0) is 26.6. The fraction of sp³-hybridized carbons (Fsp3) is 0.250. The van der Waals surface area contributed by atoms with Gasteiger partial charge in [-0.05, 0) is 26.1 Å². The highest BCUT2D eigenvalue weighted by molar-refractivity contribution is 6.19. The minimum absolute atomic E-state index is 0.176. The maximum absolute atomic E-state index is 13.1. The lowest BCUT2D eigenvalue weighted by Gasteiger charge is -2.53. The molecule has 2 saturated heterocycles. The molecule has 2 bridgehead atoms. The van der Waals surface area contributed by atoms with Gasteiger partial charge in [-0.2, -0.15) is 4.99 Å². The molecule has 3 unspecified atom stereocenters. The third-order valence-electron chi connectivity index (χ3n) is 6.59. The third kappa shape index (κ3) is 4.85. The summed E-state index contributed by atoms with van der Waals surface area (Å²) in [5.74, 6) is -0.202. The zero-order valence-electron chi connectivity index (χ0n) is 21.0. The van der Waals surface area contributed by atoms with E-state index in [0.717, 1.165) is 17.5 Å². The molecule has 3 aliphatic heterocycles. The van der Waals surface area contributed by atoms with E-state index in [4.69, 9.17) is 20.6 Å². The van der Waals surface area contributed by atoms with Crippen molar-refractivity contribution in [1.82, 2.24) is 4.90 Å². The second kappa shape index (κ2) is 10.8. The van der Waals surface area contributed by atoms with E-state index in [0.29, 0.717) is 36.0 Å². The first-order chi connectivity index (χ1) is 18.5. The molecule has 194 valence electrons. The van der Waals surface area contributed by atoms with Crippen molar-refractivity contribution in [3.8, 4) is 0 Å². The molecule has 3 atom stereocenters. The monoisotopic (exact) mass is 511 g/mol. The van der Waals surface area contributed by atoms with Gasteiger partial charge in [-0.1, -0.05) is 60.7 Å². The number of ether oxygens (including phenoxy) is 2. The summed E-state index contributed by atoms with van der Waals surface area (Å²) >= 11 is 0. The van der Waals surface area contributed by atoms with Crippen LogP contribution in [0.1, 0.15) is 24.5 Å². The van der Waals surface area contributed by atoms with Crippen LogP contribution in [0, 0.1) is 5.41 Å². The van der Waals surface area contributed by atoms with Crippen LogP contribution in [0.25, 0.3) is 0 Å². The molecule has 0 saturated carbocycles. The largest absolute Gasteiger partial charge is 0.407 e. The maximum Gasteiger partial charge on any atom is 0.291 e. The van der Waals surface area contributed by atoms with Crippen molar-refractivity contribution < 1.29 is 14.3 Å². The normalized spacial score (nSPS) is 23.3. The number of benzodiazepines with no additional fused rings is 1. The predicted octanol–water partition coefficient (Wildman–Crippen LogP) is 3.07. The molecule has 10 nitrogen and oxygen atoms in total. The van der Waals surface area contributed by atoms with Gasteiger partial charge < -0.3 is 25.4 Å². The standard InChI is InChI=1S/C28H29N7O3/c1-3-9-21(26(31-2)35-18-14-19(35)16-37-15-18)24(29)38-28(30)34-25-27(36)32-22-13-8-7-12-20(22)23(33-25)17-10-5-4-6-11-17/h3-13,18-19,25,29H,2,14-16H2,1H3,(H2,30,34)(H,32,36)/b9-3-,26-21-,29-24?. The van der Waals surface area contributed by atoms with Crippen LogP contribution in [0.15, 0.2) is 93.1 Å². The molecule has 0 spiro atoms. The first-order valence-corrected chi connectivity index (χ1v) is 12.3. The number of nitrogens with two attached hydrogens (primary N) is 1. The lowest BCUT2D eigenvalue weighted by molar-refractivity contribution is -0.117. The highest BCUT2D eigenvalue weighted by atomic mass is 16.5. The van der Waals surface area contributed by atoms with Gasteiger partial charge in [0.1, 0.15) is 5.82 Å². The van der Waals surface area contributed by atoms with Crippen LogP contribution in [0.3, 0.4) is 0 Å². The van der Waals surface area contributed by atoms with E-state index < -0.39 is 12.1 Å². The van der Waals surface area contributed by atoms with Crippen LogP contribution in [0.2, 0.25) is 0 Å². The second-order valence-electron chi connectivity index (χ2n) is 9.03. The van der Waals surface area contributed by atoms with Crippen LogP contribution in [0.4, 0.5) is 5.69 Å². The number of allylic oxidation sites excluding steroid dienone is 1. The van der Waals surface area contributed by atoms with Gasteiger partial charge >= 0.3 is 0 Å². The van der Waals surface area contributed by atoms with Crippen molar-refractivity contribution in [3.63, 3.8) is 0 Å². The fourth-order valence-corrected chi connectivity index (χ4v) is 4.87. The average Bonchev–Trinajstić information content (AvgIpc) is 3.07. The second-order valence-corrected chi connectivity index (χ2v) is 9.03. The van der Waals surface area contributed by atoms with Gasteiger partial charge in [0.15, 0.2) is 0 Å². The van der Waals surface area contributed by atoms with E-state index in [1.807, 2.05) is 61.5 Å². The summed E-state index contributed by atoms with van der Waals surface area (Å²) < 4.78 is 11.2. The molecule has 3 heterocycles. The number of nitrogens with zero attached hydrogens (tertiary/aromatic N) is 4. The quantitative estimate of drug-likeness (QED) is 0.311. The van der Waals surface area contributed by atoms with E-state index in [1.54, 1.807) is 12.2 Å². The molecule has 2 fully saturated rings. The summed E-state index contributed by atoms with van der Waals surface area (Å²) in [5.41, 5.74) is 9.32. The average molecular weight is 512 g/mol. The molecule has 1 amide bonds. The summed E-state index contributed by atoms with van der Waals surface area (Å²) in [6.07, 6.45) is 3.28. The molecular weight excluding hydrogens is 482 g/mol. The molecule has 10 heteroatoms. The molecule has 0 aliphatic carbocycles. The summed E-state index contributed by atoms with van der Waals surface area (Å²) in [4.78, 5) is 28.3. The smallest absolute Gasteiger partial charge is 0.291 e. The third-order valence-corrected chi connectivity index (χ3v) is 6.59. The number of rotatable bonds is 6. The van der Waals surface area contributed by atoms with Crippen LogP contribution < -0.4 is 11.1 Å². The van der Waals surface area contributed by atoms with E-state index in [1.165, 1.54) is 0 Å². The molecule has 2 aromatic rings. The summed E-state index contributed by atoms with van der Waals surface area (Å²) in [7, 11) is 0. The van der Waals surface area contributed by atoms with Crippen molar-refractivity contribution >= 4 is 35.9 Å². The van der Waals surface area contributed by atoms with Gasteiger partial charge in [0, 0.05) is 11.1 Å². The number of benzene rings is 2. The fourth-order valence-electron chi connectivity index (χ4n) is 4.87. The predicted molar refractivity (Wildman–Crippen MR) is 148 cm³/mol. The summed E-state index contributed by atoms with van der Waals surface area (Å²) in [6, 6.07) is 16.9. The molecule has 38 heavy (non-hydrogen) atoms. The molecule has 2 aromatic carbocycles. The number of para-hydroxylation sites is 1.